The molecule has 8 heteroatoms. The van der Waals surface area contributed by atoms with Gasteiger partial charge in [-0.2, -0.15) is 5.10 Å². The van der Waals surface area contributed by atoms with Gasteiger partial charge >= 0.3 is 11.8 Å². The van der Waals surface area contributed by atoms with Gasteiger partial charge in [-0.05, 0) is 23.8 Å². The quantitative estimate of drug-likeness (QED) is 0.629. The lowest BCUT2D eigenvalue weighted by molar-refractivity contribution is -0.136. The van der Waals surface area contributed by atoms with Gasteiger partial charge in [0.1, 0.15) is 0 Å². The lowest BCUT2D eigenvalue weighted by Gasteiger charge is -2.34. The molecule has 1 aliphatic rings. The van der Waals surface area contributed by atoms with Crippen molar-refractivity contribution < 1.29 is 14.3 Å². The summed E-state index contributed by atoms with van der Waals surface area (Å²) in [5.74, 6) is -1.35. The maximum Gasteiger partial charge on any atom is 0.313 e. The summed E-state index contributed by atoms with van der Waals surface area (Å²) in [6.45, 7) is 3.23. The number of morpholine rings is 1. The van der Waals surface area contributed by atoms with Crippen molar-refractivity contribution in [3.63, 3.8) is 0 Å². The highest BCUT2D eigenvalue weighted by atomic mass is 16.5. The second kappa shape index (κ2) is 9.06. The van der Waals surface area contributed by atoms with E-state index in [-0.39, 0.29) is 6.04 Å². The Morgan fingerprint density at radius 3 is 2.63 bits per heavy atom. The van der Waals surface area contributed by atoms with Crippen LogP contribution in [0, 0.1) is 0 Å². The van der Waals surface area contributed by atoms with Gasteiger partial charge in [0.05, 0.1) is 31.0 Å². The van der Waals surface area contributed by atoms with Gasteiger partial charge in [-0.3, -0.25) is 19.2 Å². The fourth-order valence-electron chi connectivity index (χ4n) is 3.70. The molecule has 1 fully saturated rings. The number of benzene rings is 2. The summed E-state index contributed by atoms with van der Waals surface area (Å²) >= 11 is 0. The molecule has 1 atom stereocenters. The number of hydrogen-bond acceptors (Lipinski definition) is 5. The average Bonchev–Trinajstić information content (AvgIpc) is 3.15. The predicted octanol–water partition coefficient (Wildman–Crippen LogP) is 1.70. The molecule has 1 unspecified atom stereocenters. The normalized spacial score (nSPS) is 15.6. The highest BCUT2D eigenvalue weighted by Gasteiger charge is 2.24. The van der Waals surface area contributed by atoms with Crippen LogP contribution >= 0.6 is 0 Å². The summed E-state index contributed by atoms with van der Waals surface area (Å²) < 4.78 is 7.17. The topological polar surface area (TPSA) is 88.5 Å². The molecule has 1 saturated heterocycles. The number of carbonyl (C=O) groups is 2. The van der Waals surface area contributed by atoms with E-state index in [1.54, 1.807) is 23.0 Å². The Morgan fingerprint density at radius 2 is 1.87 bits per heavy atom. The molecular formula is C22H25N5O3. The molecule has 0 bridgehead atoms. The van der Waals surface area contributed by atoms with E-state index in [4.69, 9.17) is 4.74 Å². The molecule has 0 saturated carbocycles. The highest BCUT2D eigenvalue weighted by Crippen LogP contribution is 2.21. The molecule has 2 heterocycles. The SMILES string of the molecule is Cn1ncc2ccc(NC(=O)C(=O)NCC(c3ccccc3)N3CCOCC3)cc21. The Morgan fingerprint density at radius 1 is 1.10 bits per heavy atom. The van der Waals surface area contributed by atoms with Gasteiger partial charge in [0.15, 0.2) is 0 Å². The first-order valence-electron chi connectivity index (χ1n) is 9.99. The largest absolute Gasteiger partial charge is 0.379 e. The summed E-state index contributed by atoms with van der Waals surface area (Å²) in [4.78, 5) is 27.2. The molecule has 30 heavy (non-hydrogen) atoms. The van der Waals surface area contributed by atoms with E-state index in [9.17, 15) is 9.59 Å². The lowest BCUT2D eigenvalue weighted by atomic mass is 10.0. The Kier molecular flexibility index (Phi) is 6.06. The average molecular weight is 407 g/mol. The van der Waals surface area contributed by atoms with Gasteiger partial charge in [0, 0.05) is 37.8 Å². The number of nitrogens with one attached hydrogen (secondary N) is 2. The van der Waals surface area contributed by atoms with Crippen LogP contribution in [0.15, 0.2) is 54.7 Å². The van der Waals surface area contributed by atoms with Crippen LogP contribution in [-0.4, -0.2) is 59.3 Å². The molecule has 1 aromatic heterocycles. The molecule has 4 rings (SSSR count). The third kappa shape index (κ3) is 4.50. The van der Waals surface area contributed by atoms with E-state index >= 15 is 0 Å². The van der Waals surface area contributed by atoms with Crippen LogP contribution in [0.25, 0.3) is 10.9 Å². The van der Waals surface area contributed by atoms with Crippen LogP contribution in [0.3, 0.4) is 0 Å². The van der Waals surface area contributed by atoms with Crippen LogP contribution in [-0.2, 0) is 21.4 Å². The van der Waals surface area contributed by atoms with Crippen LogP contribution < -0.4 is 10.6 Å². The van der Waals surface area contributed by atoms with Crippen LogP contribution in [0.5, 0.6) is 0 Å². The summed E-state index contributed by atoms with van der Waals surface area (Å²) in [6, 6.07) is 15.4. The number of fused-ring (bicyclic) bond motifs is 1. The van der Waals surface area contributed by atoms with Crippen molar-refractivity contribution in [2.75, 3.05) is 38.2 Å². The number of aryl methyl sites for hydroxylation is 1. The van der Waals surface area contributed by atoms with Gasteiger partial charge in [-0.25, -0.2) is 0 Å². The molecule has 8 nitrogen and oxygen atoms in total. The molecule has 1 aliphatic heterocycles. The van der Waals surface area contributed by atoms with Crippen molar-refractivity contribution in [3.8, 4) is 0 Å². The van der Waals surface area contributed by atoms with Crippen molar-refractivity contribution in [2.24, 2.45) is 7.05 Å². The van der Waals surface area contributed by atoms with Gasteiger partial charge in [-0.1, -0.05) is 30.3 Å². The number of hydrogen-bond donors (Lipinski definition) is 2. The fraction of sp³-hybridized carbons (Fsp3) is 0.318. The zero-order valence-electron chi connectivity index (χ0n) is 16.9. The van der Waals surface area contributed by atoms with Crippen LogP contribution in [0.1, 0.15) is 11.6 Å². The lowest BCUT2D eigenvalue weighted by Crippen LogP contribution is -2.45. The first kappa shape index (κ1) is 20.1. The maximum atomic E-state index is 12.5. The molecule has 0 spiro atoms. The minimum atomic E-state index is -0.690. The zero-order chi connectivity index (χ0) is 20.9. The van der Waals surface area contributed by atoms with Gasteiger partial charge < -0.3 is 15.4 Å². The molecule has 0 aliphatic carbocycles. The monoisotopic (exact) mass is 407 g/mol. The Labute approximate surface area is 174 Å². The molecule has 156 valence electrons. The molecule has 3 aromatic rings. The van der Waals surface area contributed by atoms with E-state index in [0.717, 1.165) is 29.6 Å². The zero-order valence-corrected chi connectivity index (χ0v) is 16.9. The van der Waals surface area contributed by atoms with E-state index < -0.39 is 11.8 Å². The molecule has 2 aromatic carbocycles. The van der Waals surface area contributed by atoms with Crippen molar-refractivity contribution in [3.05, 3.63) is 60.3 Å². The van der Waals surface area contributed by atoms with Crippen LogP contribution in [0.4, 0.5) is 5.69 Å². The Bertz CT molecular complexity index is 1030. The number of ether oxygens (including phenoxy) is 1. The maximum absolute atomic E-state index is 12.5. The van der Waals surface area contributed by atoms with Crippen molar-refractivity contribution in [1.29, 1.82) is 0 Å². The predicted molar refractivity (Wildman–Crippen MR) is 114 cm³/mol. The highest BCUT2D eigenvalue weighted by molar-refractivity contribution is 6.39. The van der Waals surface area contributed by atoms with Crippen molar-refractivity contribution in [2.45, 2.75) is 6.04 Å². The molecule has 0 radical (unpaired) electrons. The first-order chi connectivity index (χ1) is 14.6. The number of rotatable bonds is 5. The minimum Gasteiger partial charge on any atom is -0.379 e. The van der Waals surface area contributed by atoms with Crippen molar-refractivity contribution >= 4 is 28.4 Å². The smallest absolute Gasteiger partial charge is 0.313 e. The number of nitrogens with zero attached hydrogens (tertiary/aromatic N) is 3. The summed E-state index contributed by atoms with van der Waals surface area (Å²) in [5.41, 5.74) is 2.53. The van der Waals surface area contributed by atoms with Gasteiger partial charge in [0.2, 0.25) is 0 Å². The third-order valence-corrected chi connectivity index (χ3v) is 5.34. The second-order valence-electron chi connectivity index (χ2n) is 7.28. The fourth-order valence-corrected chi connectivity index (χ4v) is 3.70. The molecule has 2 N–H and O–H groups in total. The number of anilines is 1. The number of carbonyl (C=O) groups excluding carboxylic acids is 2. The van der Waals surface area contributed by atoms with E-state index in [0.29, 0.717) is 25.4 Å². The van der Waals surface area contributed by atoms with E-state index in [2.05, 4.69) is 20.6 Å². The number of amides is 2. The molecule has 2 amide bonds. The Hall–Kier alpha value is -3.23. The minimum absolute atomic E-state index is 0.0161. The summed E-state index contributed by atoms with van der Waals surface area (Å²) in [6.07, 6.45) is 1.75. The summed E-state index contributed by atoms with van der Waals surface area (Å²) in [7, 11) is 1.83. The van der Waals surface area contributed by atoms with Gasteiger partial charge in [-0.15, -0.1) is 0 Å². The summed E-state index contributed by atoms with van der Waals surface area (Å²) in [5, 5.41) is 10.6. The first-order valence-corrected chi connectivity index (χ1v) is 9.99. The number of aromatic nitrogens is 2. The van der Waals surface area contributed by atoms with Gasteiger partial charge in [0.25, 0.3) is 0 Å². The van der Waals surface area contributed by atoms with Crippen LogP contribution in [0.2, 0.25) is 0 Å². The Balaban J connectivity index is 1.40. The van der Waals surface area contributed by atoms with E-state index in [1.807, 2.05) is 43.4 Å². The molecular weight excluding hydrogens is 382 g/mol. The standard InChI is InChI=1S/C22H25N5O3/c1-26-19-13-18(8-7-17(19)14-24-26)25-22(29)21(28)23-15-20(16-5-3-2-4-6-16)27-9-11-30-12-10-27/h2-8,13-14,20H,9-12,15H2,1H3,(H,23,28)(H,25,29). The van der Waals surface area contributed by atoms with E-state index in [1.165, 1.54) is 0 Å². The second-order valence-corrected chi connectivity index (χ2v) is 7.28. The van der Waals surface area contributed by atoms with Crippen molar-refractivity contribution in [1.82, 2.24) is 20.0 Å². The third-order valence-electron chi connectivity index (χ3n) is 5.34.